The minimum Gasteiger partial charge on any atom is -0.330 e. The lowest BCUT2D eigenvalue weighted by Crippen LogP contribution is -2.39. The van der Waals surface area contributed by atoms with E-state index in [-0.39, 0.29) is 0 Å². The monoisotopic (exact) mass is 251 g/mol. The zero-order valence-electron chi connectivity index (χ0n) is 11.9. The van der Waals surface area contributed by atoms with Crippen LogP contribution in [0, 0.1) is 23.7 Å². The second-order valence-electron chi connectivity index (χ2n) is 6.35. The molecule has 0 radical (unpaired) electrons. The van der Waals surface area contributed by atoms with Crippen molar-refractivity contribution in [2.75, 3.05) is 6.54 Å². The third-order valence-corrected chi connectivity index (χ3v) is 5.38. The van der Waals surface area contributed by atoms with Crippen molar-refractivity contribution in [3.8, 4) is 0 Å². The second-order valence-corrected chi connectivity index (χ2v) is 6.35. The maximum atomic E-state index is 12.8. The van der Waals surface area contributed by atoms with Crippen LogP contribution in [0.2, 0.25) is 0 Å². The van der Waals surface area contributed by atoms with Crippen LogP contribution in [0.4, 0.5) is 0 Å². The Morgan fingerprint density at radius 1 is 0.944 bits per heavy atom. The van der Waals surface area contributed by atoms with Crippen molar-refractivity contribution in [2.24, 2.45) is 29.4 Å². The fraction of sp³-hybridized carbons (Fsp3) is 0.938. The van der Waals surface area contributed by atoms with Crippen LogP contribution in [-0.4, -0.2) is 12.3 Å². The summed E-state index contributed by atoms with van der Waals surface area (Å²) < 4.78 is 0. The van der Waals surface area contributed by atoms with Crippen molar-refractivity contribution in [1.82, 2.24) is 0 Å². The molecule has 104 valence electrons. The summed E-state index contributed by atoms with van der Waals surface area (Å²) in [6, 6.07) is 0. The van der Waals surface area contributed by atoms with Crippen molar-refractivity contribution in [1.29, 1.82) is 0 Å². The van der Waals surface area contributed by atoms with Gasteiger partial charge in [0.25, 0.3) is 0 Å². The van der Waals surface area contributed by atoms with Gasteiger partial charge in [-0.25, -0.2) is 0 Å². The fourth-order valence-electron chi connectivity index (χ4n) is 4.21. The van der Waals surface area contributed by atoms with Gasteiger partial charge in [-0.3, -0.25) is 4.79 Å². The highest BCUT2D eigenvalue weighted by molar-refractivity contribution is 5.84. The molecule has 2 heteroatoms. The largest absolute Gasteiger partial charge is 0.330 e. The molecule has 0 amide bonds. The molecule has 2 nitrogen and oxygen atoms in total. The third-order valence-electron chi connectivity index (χ3n) is 5.38. The van der Waals surface area contributed by atoms with Crippen molar-refractivity contribution in [3.63, 3.8) is 0 Å². The lowest BCUT2D eigenvalue weighted by atomic mass is 9.67. The van der Waals surface area contributed by atoms with E-state index in [1.165, 1.54) is 44.9 Å². The summed E-state index contributed by atoms with van der Waals surface area (Å²) in [5.41, 5.74) is 5.88. The van der Waals surface area contributed by atoms with Gasteiger partial charge in [0.05, 0.1) is 0 Å². The summed E-state index contributed by atoms with van der Waals surface area (Å²) in [4.78, 5) is 12.8. The van der Waals surface area contributed by atoms with E-state index >= 15 is 0 Å². The summed E-state index contributed by atoms with van der Waals surface area (Å²) >= 11 is 0. The number of carbonyl (C=O) groups excluding carboxylic acids is 1. The van der Waals surface area contributed by atoms with Gasteiger partial charge in [-0.15, -0.1) is 0 Å². The van der Waals surface area contributed by atoms with E-state index in [9.17, 15) is 4.79 Å². The second kappa shape index (κ2) is 6.70. The van der Waals surface area contributed by atoms with E-state index in [1.54, 1.807) is 0 Å². The van der Waals surface area contributed by atoms with Gasteiger partial charge in [0.2, 0.25) is 0 Å². The van der Waals surface area contributed by atoms with Crippen LogP contribution in [0.25, 0.3) is 0 Å². The minimum absolute atomic E-state index is 0.292. The van der Waals surface area contributed by atoms with Crippen LogP contribution in [0.5, 0.6) is 0 Å². The molecule has 0 aromatic heterocycles. The summed E-state index contributed by atoms with van der Waals surface area (Å²) in [6.07, 6.45) is 11.0. The fourth-order valence-corrected chi connectivity index (χ4v) is 4.21. The molecule has 0 aromatic rings. The Morgan fingerprint density at radius 2 is 1.44 bits per heavy atom. The van der Waals surface area contributed by atoms with Gasteiger partial charge in [0.1, 0.15) is 5.78 Å². The molecular formula is C16H29NO. The molecule has 4 unspecified atom stereocenters. The van der Waals surface area contributed by atoms with E-state index in [2.05, 4.69) is 6.92 Å². The average Bonchev–Trinajstić information content (AvgIpc) is 2.46. The van der Waals surface area contributed by atoms with Crippen molar-refractivity contribution >= 4 is 5.78 Å². The number of hydrogen-bond donors (Lipinski definition) is 1. The van der Waals surface area contributed by atoms with Crippen molar-refractivity contribution < 1.29 is 4.79 Å². The van der Waals surface area contributed by atoms with E-state index in [0.717, 1.165) is 12.8 Å². The predicted molar refractivity (Wildman–Crippen MR) is 75.2 cm³/mol. The molecule has 2 N–H and O–H groups in total. The number of carbonyl (C=O) groups is 1. The number of Topliss-reactive ketones (excluding diaryl/α,β-unsaturated/α-hetero) is 1. The molecule has 2 fully saturated rings. The Morgan fingerprint density at radius 3 is 2.00 bits per heavy atom. The summed E-state index contributed by atoms with van der Waals surface area (Å²) in [6.45, 7) is 2.96. The molecule has 4 atom stereocenters. The van der Waals surface area contributed by atoms with Gasteiger partial charge in [-0.1, -0.05) is 39.0 Å². The molecule has 2 saturated carbocycles. The Balaban J connectivity index is 2.03. The van der Waals surface area contributed by atoms with Crippen LogP contribution < -0.4 is 5.73 Å². The maximum absolute atomic E-state index is 12.8. The SMILES string of the molecule is CCC1CCCCC1C(=O)C1CCCCC1CN. The van der Waals surface area contributed by atoms with Gasteiger partial charge in [0.15, 0.2) is 0 Å². The normalized spacial score (nSPS) is 37.4. The van der Waals surface area contributed by atoms with Crippen LogP contribution >= 0.6 is 0 Å². The molecule has 0 saturated heterocycles. The topological polar surface area (TPSA) is 43.1 Å². The summed E-state index contributed by atoms with van der Waals surface area (Å²) in [5, 5.41) is 0. The highest BCUT2D eigenvalue weighted by Crippen LogP contribution is 2.39. The lowest BCUT2D eigenvalue weighted by Gasteiger charge is -2.36. The molecule has 2 rings (SSSR count). The van der Waals surface area contributed by atoms with Gasteiger partial charge < -0.3 is 5.73 Å². The van der Waals surface area contributed by atoms with Gasteiger partial charge >= 0.3 is 0 Å². The zero-order valence-corrected chi connectivity index (χ0v) is 11.9. The summed E-state index contributed by atoms with van der Waals surface area (Å²) in [7, 11) is 0. The molecule has 0 heterocycles. The van der Waals surface area contributed by atoms with Crippen LogP contribution in [0.3, 0.4) is 0 Å². The van der Waals surface area contributed by atoms with Gasteiger partial charge in [0, 0.05) is 11.8 Å². The Bertz CT molecular complexity index is 250. The Labute approximate surface area is 112 Å². The Kier molecular flexibility index (Phi) is 5.23. The lowest BCUT2D eigenvalue weighted by molar-refractivity contribution is -0.132. The first-order chi connectivity index (χ1) is 8.77. The van der Waals surface area contributed by atoms with E-state index in [4.69, 9.17) is 5.73 Å². The maximum Gasteiger partial charge on any atom is 0.139 e. The molecule has 0 aliphatic heterocycles. The van der Waals surface area contributed by atoms with Crippen LogP contribution in [-0.2, 0) is 4.79 Å². The van der Waals surface area contributed by atoms with Crippen molar-refractivity contribution in [3.05, 3.63) is 0 Å². The first-order valence-corrected chi connectivity index (χ1v) is 8.01. The number of hydrogen-bond acceptors (Lipinski definition) is 2. The van der Waals surface area contributed by atoms with E-state index in [0.29, 0.717) is 36.0 Å². The number of rotatable bonds is 4. The Hall–Kier alpha value is -0.370. The third kappa shape index (κ3) is 2.96. The molecular weight excluding hydrogens is 222 g/mol. The highest BCUT2D eigenvalue weighted by atomic mass is 16.1. The molecule has 2 aliphatic carbocycles. The molecule has 18 heavy (non-hydrogen) atoms. The van der Waals surface area contributed by atoms with Crippen LogP contribution in [0.1, 0.15) is 64.7 Å². The van der Waals surface area contributed by atoms with Gasteiger partial charge in [-0.05, 0) is 44.1 Å². The van der Waals surface area contributed by atoms with E-state index in [1.807, 2.05) is 0 Å². The molecule has 0 bridgehead atoms. The summed E-state index contributed by atoms with van der Waals surface area (Å²) in [5.74, 6) is 2.37. The zero-order chi connectivity index (χ0) is 13.0. The van der Waals surface area contributed by atoms with Gasteiger partial charge in [-0.2, -0.15) is 0 Å². The first kappa shape index (κ1) is 14.0. The first-order valence-electron chi connectivity index (χ1n) is 8.01. The van der Waals surface area contributed by atoms with E-state index < -0.39 is 0 Å². The smallest absolute Gasteiger partial charge is 0.139 e. The van der Waals surface area contributed by atoms with Crippen LogP contribution in [0.15, 0.2) is 0 Å². The predicted octanol–water partition coefficient (Wildman–Crippen LogP) is 3.54. The number of nitrogens with two attached hydrogens (primary N) is 1. The quantitative estimate of drug-likeness (QED) is 0.830. The molecule has 0 spiro atoms. The average molecular weight is 251 g/mol. The molecule has 0 aromatic carbocycles. The highest BCUT2D eigenvalue weighted by Gasteiger charge is 2.37. The number of ketones is 1. The standard InChI is InChI=1S/C16H29NO/c1-2-12-7-3-5-9-14(12)16(18)15-10-6-4-8-13(15)11-17/h12-15H,2-11,17H2,1H3. The minimum atomic E-state index is 0.292. The van der Waals surface area contributed by atoms with Crippen molar-refractivity contribution in [2.45, 2.75) is 64.7 Å². The molecule has 2 aliphatic rings.